The minimum absolute atomic E-state index is 0.148. The van der Waals surface area contributed by atoms with Crippen LogP contribution in [0.25, 0.3) is 0 Å². The molecule has 3 heteroatoms. The van der Waals surface area contributed by atoms with Crippen LogP contribution in [0.2, 0.25) is 0 Å². The van der Waals surface area contributed by atoms with Crippen LogP contribution in [-0.2, 0) is 9.47 Å². The van der Waals surface area contributed by atoms with Crippen molar-refractivity contribution in [3.63, 3.8) is 0 Å². The van der Waals surface area contributed by atoms with Gasteiger partial charge in [-0.05, 0) is 38.3 Å². The Morgan fingerprint density at radius 1 is 1.27 bits per heavy atom. The Morgan fingerprint density at radius 2 is 2.09 bits per heavy atom. The van der Waals surface area contributed by atoms with E-state index in [2.05, 4.69) is 13.5 Å². The van der Waals surface area contributed by atoms with Gasteiger partial charge in [-0.2, -0.15) is 0 Å². The van der Waals surface area contributed by atoms with Gasteiger partial charge >= 0.3 is 0 Å². The van der Waals surface area contributed by atoms with Crippen LogP contribution in [0.3, 0.4) is 0 Å². The van der Waals surface area contributed by atoms with Gasteiger partial charge in [0.15, 0.2) is 6.29 Å². The van der Waals surface area contributed by atoms with Crippen molar-refractivity contribution in [2.24, 2.45) is 5.92 Å². The van der Waals surface area contributed by atoms with E-state index >= 15 is 0 Å². The van der Waals surface area contributed by atoms with E-state index in [1.54, 1.807) is 6.07 Å². The predicted molar refractivity (Wildman–Crippen MR) is 87.0 cm³/mol. The van der Waals surface area contributed by atoms with Crippen LogP contribution in [0.15, 0.2) is 36.9 Å². The molecule has 2 rings (SSSR count). The number of halogens is 1. The molecule has 3 atom stereocenters. The van der Waals surface area contributed by atoms with Crippen molar-refractivity contribution in [2.45, 2.75) is 57.8 Å². The molecule has 0 aliphatic carbocycles. The molecule has 22 heavy (non-hydrogen) atoms. The van der Waals surface area contributed by atoms with Gasteiger partial charge in [-0.25, -0.2) is 4.39 Å². The predicted octanol–water partition coefficient (Wildman–Crippen LogP) is 5.40. The zero-order valence-electron chi connectivity index (χ0n) is 13.5. The minimum atomic E-state index is -0.436. The van der Waals surface area contributed by atoms with E-state index in [-0.39, 0.29) is 11.9 Å². The van der Waals surface area contributed by atoms with Crippen LogP contribution in [0.1, 0.15) is 57.3 Å². The van der Waals surface area contributed by atoms with Gasteiger partial charge in [0.05, 0.1) is 12.7 Å². The van der Waals surface area contributed by atoms with E-state index in [9.17, 15) is 4.39 Å². The molecule has 0 N–H and O–H groups in total. The maximum absolute atomic E-state index is 13.3. The standard InChI is InChI=1S/C19H27FO2/c1-3-4-5-6-7-8-10-17-14-21-19(22-15(17)2)16-11-9-12-18(20)13-16/h3,9,11-13,15,17,19H,1,4-8,10,14H2,2H3. The van der Waals surface area contributed by atoms with Crippen LogP contribution < -0.4 is 0 Å². The third kappa shape index (κ3) is 5.22. The van der Waals surface area contributed by atoms with Gasteiger partial charge < -0.3 is 9.47 Å². The molecule has 1 fully saturated rings. The average molecular weight is 306 g/mol. The third-order valence-electron chi connectivity index (χ3n) is 4.32. The van der Waals surface area contributed by atoms with Gasteiger partial charge in [-0.3, -0.25) is 0 Å². The molecule has 3 unspecified atom stereocenters. The fraction of sp³-hybridized carbons (Fsp3) is 0.579. The van der Waals surface area contributed by atoms with Crippen molar-refractivity contribution >= 4 is 0 Å². The highest BCUT2D eigenvalue weighted by atomic mass is 19.1. The van der Waals surface area contributed by atoms with Gasteiger partial charge in [-0.15, -0.1) is 6.58 Å². The fourth-order valence-electron chi connectivity index (χ4n) is 2.89. The highest BCUT2D eigenvalue weighted by molar-refractivity contribution is 5.17. The molecule has 0 amide bonds. The Kier molecular flexibility index (Phi) is 7.07. The fourth-order valence-corrected chi connectivity index (χ4v) is 2.89. The van der Waals surface area contributed by atoms with Crippen molar-refractivity contribution in [3.8, 4) is 0 Å². The van der Waals surface area contributed by atoms with Crippen molar-refractivity contribution in [1.29, 1.82) is 0 Å². The van der Waals surface area contributed by atoms with Crippen LogP contribution in [0, 0.1) is 11.7 Å². The van der Waals surface area contributed by atoms with E-state index in [0.29, 0.717) is 12.5 Å². The van der Waals surface area contributed by atoms with Gasteiger partial charge in [0.1, 0.15) is 5.82 Å². The van der Waals surface area contributed by atoms with Crippen LogP contribution >= 0.6 is 0 Å². The average Bonchev–Trinajstić information content (AvgIpc) is 2.52. The monoisotopic (exact) mass is 306 g/mol. The first-order chi connectivity index (χ1) is 10.7. The Morgan fingerprint density at radius 3 is 2.82 bits per heavy atom. The molecular formula is C19H27FO2. The number of hydrogen-bond donors (Lipinski definition) is 0. The summed E-state index contributed by atoms with van der Waals surface area (Å²) < 4.78 is 25.0. The van der Waals surface area contributed by atoms with E-state index in [4.69, 9.17) is 9.47 Å². The summed E-state index contributed by atoms with van der Waals surface area (Å²) in [6.07, 6.45) is 8.90. The van der Waals surface area contributed by atoms with E-state index in [1.165, 1.54) is 37.8 Å². The van der Waals surface area contributed by atoms with Crippen LogP contribution in [0.4, 0.5) is 4.39 Å². The Balaban J connectivity index is 1.72. The van der Waals surface area contributed by atoms with Crippen LogP contribution in [0.5, 0.6) is 0 Å². The van der Waals surface area contributed by atoms with E-state index in [0.717, 1.165) is 18.4 Å². The van der Waals surface area contributed by atoms with Crippen molar-refractivity contribution in [3.05, 3.63) is 48.3 Å². The first kappa shape index (κ1) is 17.2. The van der Waals surface area contributed by atoms with E-state index in [1.807, 2.05) is 12.1 Å². The van der Waals surface area contributed by atoms with Gasteiger partial charge in [0, 0.05) is 11.5 Å². The first-order valence-corrected chi connectivity index (χ1v) is 8.34. The smallest absolute Gasteiger partial charge is 0.184 e. The maximum atomic E-state index is 13.3. The minimum Gasteiger partial charge on any atom is -0.348 e. The summed E-state index contributed by atoms with van der Waals surface area (Å²) in [4.78, 5) is 0. The van der Waals surface area contributed by atoms with Crippen LogP contribution in [-0.4, -0.2) is 12.7 Å². The van der Waals surface area contributed by atoms with Crippen molar-refractivity contribution in [2.75, 3.05) is 6.61 Å². The molecule has 1 aromatic rings. The molecule has 0 saturated carbocycles. The lowest BCUT2D eigenvalue weighted by atomic mass is 9.95. The molecule has 1 aliphatic rings. The summed E-state index contributed by atoms with van der Waals surface area (Å²) in [6, 6.07) is 6.46. The number of hydrogen-bond acceptors (Lipinski definition) is 2. The normalized spacial score (nSPS) is 25.1. The SMILES string of the molecule is C=CCCCCCCC1COC(c2cccc(F)c2)OC1C. The lowest BCUT2D eigenvalue weighted by Crippen LogP contribution is -2.34. The topological polar surface area (TPSA) is 18.5 Å². The number of rotatable bonds is 8. The first-order valence-electron chi connectivity index (χ1n) is 8.34. The molecule has 0 aromatic heterocycles. The zero-order chi connectivity index (χ0) is 15.8. The number of allylic oxidation sites excluding steroid dienone is 1. The lowest BCUT2D eigenvalue weighted by Gasteiger charge is -2.35. The molecule has 0 spiro atoms. The van der Waals surface area contributed by atoms with Gasteiger partial charge in [-0.1, -0.05) is 37.5 Å². The molecule has 0 bridgehead atoms. The third-order valence-corrected chi connectivity index (χ3v) is 4.32. The molecule has 1 aliphatic heterocycles. The number of ether oxygens (including phenoxy) is 2. The summed E-state index contributed by atoms with van der Waals surface area (Å²) in [5.74, 6) is 0.184. The second-order valence-corrected chi connectivity index (χ2v) is 6.10. The highest BCUT2D eigenvalue weighted by Gasteiger charge is 2.29. The largest absolute Gasteiger partial charge is 0.348 e. The maximum Gasteiger partial charge on any atom is 0.184 e. The van der Waals surface area contributed by atoms with Gasteiger partial charge in [0.2, 0.25) is 0 Å². The van der Waals surface area contributed by atoms with Gasteiger partial charge in [0.25, 0.3) is 0 Å². The summed E-state index contributed by atoms with van der Waals surface area (Å²) in [7, 11) is 0. The Hall–Kier alpha value is -1.19. The number of unbranched alkanes of at least 4 members (excludes halogenated alkanes) is 4. The zero-order valence-corrected chi connectivity index (χ0v) is 13.5. The Labute approximate surface area is 133 Å². The molecule has 1 saturated heterocycles. The molecule has 1 heterocycles. The lowest BCUT2D eigenvalue weighted by molar-refractivity contribution is -0.237. The Bertz CT molecular complexity index is 461. The highest BCUT2D eigenvalue weighted by Crippen LogP contribution is 2.31. The molecule has 0 radical (unpaired) electrons. The van der Waals surface area contributed by atoms with Crippen molar-refractivity contribution in [1.82, 2.24) is 0 Å². The van der Waals surface area contributed by atoms with E-state index < -0.39 is 6.29 Å². The second-order valence-electron chi connectivity index (χ2n) is 6.10. The summed E-state index contributed by atoms with van der Waals surface area (Å²) >= 11 is 0. The quantitative estimate of drug-likeness (QED) is 0.473. The molecule has 122 valence electrons. The number of benzene rings is 1. The van der Waals surface area contributed by atoms with Crippen molar-refractivity contribution < 1.29 is 13.9 Å². The summed E-state index contributed by atoms with van der Waals surface area (Å²) in [5.41, 5.74) is 0.759. The summed E-state index contributed by atoms with van der Waals surface area (Å²) in [5, 5.41) is 0. The molecule has 1 aromatic carbocycles. The second kappa shape index (κ2) is 9.06. The molecule has 2 nitrogen and oxygen atoms in total. The summed E-state index contributed by atoms with van der Waals surface area (Å²) in [6.45, 7) is 6.53. The molecular weight excluding hydrogens is 279 g/mol.